The molecule has 1 saturated carbocycles. The minimum atomic E-state index is 0.152. The topological polar surface area (TPSA) is 49.3 Å². The van der Waals surface area contributed by atoms with E-state index in [0.717, 1.165) is 51.8 Å². The Kier molecular flexibility index (Phi) is 5.04. The number of hydrogen-bond donors (Lipinski definition) is 1. The van der Waals surface area contributed by atoms with Crippen molar-refractivity contribution in [3.63, 3.8) is 0 Å². The summed E-state index contributed by atoms with van der Waals surface area (Å²) in [7, 11) is 1.90. The molecular formula is C23H34N4O2. The molecule has 6 nitrogen and oxygen atoms in total. The lowest BCUT2D eigenvalue weighted by Crippen LogP contribution is -2.68. The van der Waals surface area contributed by atoms with Gasteiger partial charge >= 0.3 is 0 Å². The Morgan fingerprint density at radius 2 is 2.00 bits per heavy atom. The first-order valence-corrected chi connectivity index (χ1v) is 11.1. The highest BCUT2D eigenvalue weighted by Crippen LogP contribution is 2.52. The maximum atomic E-state index is 6.16. The third-order valence-corrected chi connectivity index (χ3v) is 7.54. The van der Waals surface area contributed by atoms with Crippen LogP contribution in [-0.4, -0.2) is 79.9 Å². The van der Waals surface area contributed by atoms with Crippen molar-refractivity contribution in [3.05, 3.63) is 35.9 Å². The van der Waals surface area contributed by atoms with Gasteiger partial charge in [-0.05, 0) is 12.0 Å². The van der Waals surface area contributed by atoms with Crippen molar-refractivity contribution in [3.8, 4) is 0 Å². The molecule has 1 aromatic carbocycles. The van der Waals surface area contributed by atoms with Gasteiger partial charge in [-0.15, -0.1) is 0 Å². The van der Waals surface area contributed by atoms with E-state index in [1.165, 1.54) is 5.56 Å². The number of hydrogen-bond acceptors (Lipinski definition) is 4. The number of rotatable bonds is 3. The van der Waals surface area contributed by atoms with Crippen LogP contribution in [-0.2, 0) is 16.0 Å². The summed E-state index contributed by atoms with van der Waals surface area (Å²) in [6.45, 7) is 10.2. The molecule has 0 amide bonds. The van der Waals surface area contributed by atoms with Gasteiger partial charge in [-0.2, -0.15) is 0 Å². The van der Waals surface area contributed by atoms with E-state index >= 15 is 0 Å². The molecule has 0 aromatic heterocycles. The molecule has 158 valence electrons. The van der Waals surface area contributed by atoms with Gasteiger partial charge < -0.3 is 19.7 Å². The van der Waals surface area contributed by atoms with Crippen molar-refractivity contribution in [1.29, 1.82) is 0 Å². The molecule has 5 rings (SSSR count). The summed E-state index contributed by atoms with van der Waals surface area (Å²) in [5.74, 6) is 1.63. The van der Waals surface area contributed by atoms with Crippen molar-refractivity contribution in [2.24, 2.45) is 16.3 Å². The average molecular weight is 399 g/mol. The highest BCUT2D eigenvalue weighted by molar-refractivity contribution is 5.81. The number of morpholine rings is 1. The van der Waals surface area contributed by atoms with Crippen LogP contribution in [0, 0.1) is 11.3 Å². The molecule has 4 aliphatic rings. The van der Waals surface area contributed by atoms with Gasteiger partial charge in [0.05, 0.1) is 24.9 Å². The number of guanidine groups is 1. The third kappa shape index (κ3) is 3.35. The van der Waals surface area contributed by atoms with E-state index in [2.05, 4.69) is 64.3 Å². The number of likely N-dealkylation sites (tertiary alicyclic amines) is 1. The zero-order valence-corrected chi connectivity index (χ0v) is 17.9. The summed E-state index contributed by atoms with van der Waals surface area (Å²) < 4.78 is 12.1. The van der Waals surface area contributed by atoms with Crippen molar-refractivity contribution in [2.45, 2.75) is 51.1 Å². The quantitative estimate of drug-likeness (QED) is 0.623. The standard InChI is InChI=1S/C23H34N4O2/c1-23(2)20(17-9-11-29-21(17)23)25-22(24-3)27-14-18-19(15-27)28-12-10-26(18)13-16-7-5-4-6-8-16/h4-8,17-21H,9-15H2,1-3H3,(H,24,25). The van der Waals surface area contributed by atoms with Crippen LogP contribution in [0.5, 0.6) is 0 Å². The lowest BCUT2D eigenvalue weighted by Gasteiger charge is -2.55. The maximum absolute atomic E-state index is 6.16. The molecule has 0 radical (unpaired) electrons. The Labute approximate surface area is 174 Å². The van der Waals surface area contributed by atoms with Gasteiger partial charge in [-0.25, -0.2) is 0 Å². The molecular weight excluding hydrogens is 364 g/mol. The third-order valence-electron chi connectivity index (χ3n) is 7.54. The first kappa shape index (κ1) is 19.3. The zero-order chi connectivity index (χ0) is 20.0. The van der Waals surface area contributed by atoms with Crippen LogP contribution in [0.25, 0.3) is 0 Å². The van der Waals surface area contributed by atoms with E-state index < -0.39 is 0 Å². The van der Waals surface area contributed by atoms with Gasteiger partial charge in [0.15, 0.2) is 5.96 Å². The minimum Gasteiger partial charge on any atom is -0.377 e. The van der Waals surface area contributed by atoms with Crippen LogP contribution in [0.3, 0.4) is 0 Å². The van der Waals surface area contributed by atoms with Gasteiger partial charge in [0.1, 0.15) is 0 Å². The molecule has 29 heavy (non-hydrogen) atoms. The Bertz CT molecular complexity index is 753. The predicted octanol–water partition coefficient (Wildman–Crippen LogP) is 1.96. The van der Waals surface area contributed by atoms with Crippen LogP contribution in [0.2, 0.25) is 0 Å². The minimum absolute atomic E-state index is 0.152. The predicted molar refractivity (Wildman–Crippen MR) is 114 cm³/mol. The molecule has 4 fully saturated rings. The number of ether oxygens (including phenoxy) is 2. The molecule has 0 bridgehead atoms. The second-order valence-electron chi connectivity index (χ2n) is 9.57. The van der Waals surface area contributed by atoms with Gasteiger partial charge in [-0.1, -0.05) is 44.2 Å². The summed E-state index contributed by atoms with van der Waals surface area (Å²) in [6, 6.07) is 11.6. The molecule has 0 spiro atoms. The summed E-state index contributed by atoms with van der Waals surface area (Å²) in [6.07, 6.45) is 1.80. The van der Waals surface area contributed by atoms with E-state index in [4.69, 9.17) is 9.47 Å². The molecule has 1 aromatic rings. The number of aliphatic imine (C=N–C) groups is 1. The van der Waals surface area contributed by atoms with Crippen LogP contribution < -0.4 is 5.32 Å². The van der Waals surface area contributed by atoms with Gasteiger partial charge in [0.2, 0.25) is 0 Å². The lowest BCUT2D eigenvalue weighted by molar-refractivity contribution is -0.107. The largest absolute Gasteiger partial charge is 0.377 e. The van der Waals surface area contributed by atoms with Gasteiger partial charge in [0, 0.05) is 57.2 Å². The molecule has 1 N–H and O–H groups in total. The highest BCUT2D eigenvalue weighted by atomic mass is 16.5. The van der Waals surface area contributed by atoms with Crippen LogP contribution in [0.1, 0.15) is 25.8 Å². The number of benzene rings is 1. The Hall–Kier alpha value is -1.63. The Morgan fingerprint density at radius 3 is 2.79 bits per heavy atom. The molecule has 6 heteroatoms. The van der Waals surface area contributed by atoms with Gasteiger partial charge in [0.25, 0.3) is 0 Å². The molecule has 3 heterocycles. The Balaban J connectivity index is 1.26. The first-order valence-electron chi connectivity index (χ1n) is 11.1. The summed E-state index contributed by atoms with van der Waals surface area (Å²) >= 11 is 0. The van der Waals surface area contributed by atoms with Crippen molar-refractivity contribution >= 4 is 5.96 Å². The molecule has 3 saturated heterocycles. The average Bonchev–Trinajstić information content (AvgIpc) is 3.36. The lowest BCUT2D eigenvalue weighted by atomic mass is 9.57. The van der Waals surface area contributed by atoms with Crippen LogP contribution >= 0.6 is 0 Å². The van der Waals surface area contributed by atoms with E-state index in [0.29, 0.717) is 24.1 Å². The fourth-order valence-corrected chi connectivity index (χ4v) is 6.00. The highest BCUT2D eigenvalue weighted by Gasteiger charge is 2.60. The zero-order valence-electron chi connectivity index (χ0n) is 17.9. The maximum Gasteiger partial charge on any atom is 0.194 e. The van der Waals surface area contributed by atoms with Crippen LogP contribution in [0.15, 0.2) is 35.3 Å². The monoisotopic (exact) mass is 398 g/mol. The fraction of sp³-hybridized carbons (Fsp3) is 0.696. The van der Waals surface area contributed by atoms with Crippen molar-refractivity contribution in [1.82, 2.24) is 15.1 Å². The van der Waals surface area contributed by atoms with E-state index in [-0.39, 0.29) is 11.5 Å². The normalized spacial score (nSPS) is 36.4. The number of fused-ring (bicyclic) bond motifs is 2. The smallest absolute Gasteiger partial charge is 0.194 e. The summed E-state index contributed by atoms with van der Waals surface area (Å²) in [5.41, 5.74) is 1.52. The SMILES string of the molecule is CN=C(NC1C2CCOC2C1(C)C)N1CC2OCCN(Cc3ccccc3)C2C1. The van der Waals surface area contributed by atoms with E-state index in [1.54, 1.807) is 0 Å². The number of nitrogens with zero attached hydrogens (tertiary/aromatic N) is 3. The molecule has 5 unspecified atom stereocenters. The second-order valence-corrected chi connectivity index (χ2v) is 9.57. The number of nitrogens with one attached hydrogen (secondary N) is 1. The van der Waals surface area contributed by atoms with Gasteiger partial charge in [-0.3, -0.25) is 9.89 Å². The first-order chi connectivity index (χ1) is 14.1. The van der Waals surface area contributed by atoms with E-state index in [9.17, 15) is 0 Å². The second kappa shape index (κ2) is 7.56. The molecule has 1 aliphatic carbocycles. The van der Waals surface area contributed by atoms with E-state index in [1.807, 2.05) is 7.05 Å². The van der Waals surface area contributed by atoms with Crippen LogP contribution in [0.4, 0.5) is 0 Å². The molecule has 3 aliphatic heterocycles. The van der Waals surface area contributed by atoms with Crippen molar-refractivity contribution in [2.75, 3.05) is 39.9 Å². The summed E-state index contributed by atoms with van der Waals surface area (Å²) in [5, 5.41) is 3.80. The summed E-state index contributed by atoms with van der Waals surface area (Å²) in [4.78, 5) is 9.64. The van der Waals surface area contributed by atoms with Crippen molar-refractivity contribution < 1.29 is 9.47 Å². The molecule has 5 atom stereocenters. The Morgan fingerprint density at radius 1 is 1.17 bits per heavy atom. The fourth-order valence-electron chi connectivity index (χ4n) is 6.00.